The summed E-state index contributed by atoms with van der Waals surface area (Å²) in [5, 5.41) is 0. The largest absolute Gasteiger partial charge is 0.347 e. The molecule has 2 aliphatic rings. The van der Waals surface area contributed by atoms with Crippen LogP contribution in [-0.4, -0.2) is 11.9 Å². The maximum atomic E-state index is 13.0. The quantitative estimate of drug-likeness (QED) is 0.526. The molecule has 1 fully saturated rings. The molecule has 116 valence electrons. The number of rotatable bonds is 2. The monoisotopic (exact) mass is 312 g/mol. The van der Waals surface area contributed by atoms with E-state index in [9.17, 15) is 4.79 Å². The van der Waals surface area contributed by atoms with Crippen molar-refractivity contribution in [3.05, 3.63) is 107 Å². The molecule has 0 amide bonds. The first-order chi connectivity index (χ1) is 11.8. The predicted molar refractivity (Wildman–Crippen MR) is 92.1 cm³/mol. The van der Waals surface area contributed by atoms with Crippen LogP contribution in [0, 0.1) is 0 Å². The Balaban J connectivity index is 1.66. The first-order valence-electron chi connectivity index (χ1n) is 8.24. The molecule has 24 heavy (non-hydrogen) atoms. The van der Waals surface area contributed by atoms with E-state index in [2.05, 4.69) is 36.4 Å². The number of carbonyl (C=O) groups is 1. The molecule has 1 atom stereocenters. The van der Waals surface area contributed by atoms with Gasteiger partial charge in [0.2, 0.25) is 0 Å². The van der Waals surface area contributed by atoms with Crippen LogP contribution < -0.4 is 0 Å². The molecule has 2 heteroatoms. The Morgan fingerprint density at radius 1 is 0.792 bits per heavy atom. The number of Topliss-reactive ketones (excluding diaryl/α,β-unsaturated/α-hetero) is 1. The second-order valence-electron chi connectivity index (χ2n) is 6.45. The lowest BCUT2D eigenvalue weighted by molar-refractivity contribution is 0.0953. The van der Waals surface area contributed by atoms with Gasteiger partial charge >= 0.3 is 0 Å². The van der Waals surface area contributed by atoms with Gasteiger partial charge < -0.3 is 4.74 Å². The molecule has 3 aromatic rings. The van der Waals surface area contributed by atoms with Crippen LogP contribution in [0.25, 0.3) is 0 Å². The highest BCUT2D eigenvalue weighted by molar-refractivity contribution is 6.03. The van der Waals surface area contributed by atoms with Crippen LogP contribution in [0.3, 0.4) is 0 Å². The Kier molecular flexibility index (Phi) is 2.79. The first-order valence-corrected chi connectivity index (χ1v) is 8.24. The van der Waals surface area contributed by atoms with Crippen molar-refractivity contribution < 1.29 is 9.53 Å². The fraction of sp³-hybridized carbons (Fsp3) is 0.136. The predicted octanol–water partition coefficient (Wildman–Crippen LogP) is 4.12. The summed E-state index contributed by atoms with van der Waals surface area (Å²) in [5.41, 5.74) is 4.87. The summed E-state index contributed by atoms with van der Waals surface area (Å²) in [7, 11) is 0. The van der Waals surface area contributed by atoms with Crippen molar-refractivity contribution in [2.45, 2.75) is 18.1 Å². The van der Waals surface area contributed by atoms with Gasteiger partial charge in [-0.15, -0.1) is 0 Å². The van der Waals surface area contributed by atoms with Crippen molar-refractivity contribution >= 4 is 5.78 Å². The molecule has 0 N–H and O–H groups in total. The molecule has 1 aliphatic carbocycles. The van der Waals surface area contributed by atoms with Crippen molar-refractivity contribution in [2.75, 3.05) is 0 Å². The highest BCUT2D eigenvalue weighted by Gasteiger charge is 2.65. The summed E-state index contributed by atoms with van der Waals surface area (Å²) < 4.78 is 6.17. The number of hydrogen-bond acceptors (Lipinski definition) is 2. The third-order valence-corrected chi connectivity index (χ3v) is 5.13. The van der Waals surface area contributed by atoms with Crippen LogP contribution in [0.5, 0.6) is 0 Å². The average Bonchev–Trinajstić information content (AvgIpc) is 3.38. The molecule has 0 aromatic heterocycles. The van der Waals surface area contributed by atoms with Crippen molar-refractivity contribution in [3.8, 4) is 0 Å². The lowest BCUT2D eigenvalue weighted by atomic mass is 9.75. The molecule has 1 saturated heterocycles. The van der Waals surface area contributed by atoms with Gasteiger partial charge in [0, 0.05) is 5.56 Å². The molecule has 0 unspecified atom stereocenters. The number of benzene rings is 3. The van der Waals surface area contributed by atoms with E-state index < -0.39 is 11.7 Å². The van der Waals surface area contributed by atoms with Gasteiger partial charge in [-0.25, -0.2) is 0 Å². The molecular formula is C22H16O2. The highest BCUT2D eigenvalue weighted by Crippen LogP contribution is 2.57. The molecule has 1 aliphatic heterocycles. The van der Waals surface area contributed by atoms with Crippen LogP contribution in [0.2, 0.25) is 0 Å². The number of hydrogen-bond donors (Lipinski definition) is 0. The summed E-state index contributed by atoms with van der Waals surface area (Å²) in [4.78, 5) is 13.0. The second kappa shape index (κ2) is 4.89. The smallest absolute Gasteiger partial charge is 0.195 e. The molecule has 2 nitrogen and oxygen atoms in total. The standard InChI is InChI=1S/C22H16O2/c23-20(15-8-2-1-3-9-15)21-22(24-21)18-12-6-4-10-16(18)14-17-11-5-7-13-19(17)22/h1-13,21H,14H2/t21-/m1/s1. The lowest BCUT2D eigenvalue weighted by Gasteiger charge is -2.26. The molecule has 0 saturated carbocycles. The Hall–Kier alpha value is -2.71. The Morgan fingerprint density at radius 2 is 1.33 bits per heavy atom. The van der Waals surface area contributed by atoms with Gasteiger partial charge in [0.1, 0.15) is 0 Å². The van der Waals surface area contributed by atoms with Gasteiger partial charge in [0.05, 0.1) is 0 Å². The Bertz CT molecular complexity index is 897. The molecule has 0 bridgehead atoms. The lowest BCUT2D eigenvalue weighted by Crippen LogP contribution is -2.26. The van der Waals surface area contributed by atoms with Crippen LogP contribution in [0.15, 0.2) is 78.9 Å². The van der Waals surface area contributed by atoms with Crippen molar-refractivity contribution in [1.29, 1.82) is 0 Å². The number of ether oxygens (including phenoxy) is 1. The Labute approximate surface area is 140 Å². The summed E-state index contributed by atoms with van der Waals surface area (Å²) in [6.07, 6.45) is 0.450. The fourth-order valence-electron chi connectivity index (χ4n) is 3.98. The van der Waals surface area contributed by atoms with Crippen molar-refractivity contribution in [2.24, 2.45) is 0 Å². The topological polar surface area (TPSA) is 29.6 Å². The number of epoxide rings is 1. The van der Waals surface area contributed by atoms with E-state index in [1.54, 1.807) is 0 Å². The normalized spacial score (nSPS) is 19.4. The molecule has 5 rings (SSSR count). The first kappa shape index (κ1) is 13.7. The molecule has 3 aromatic carbocycles. The maximum Gasteiger partial charge on any atom is 0.195 e. The van der Waals surface area contributed by atoms with E-state index in [0.717, 1.165) is 17.5 Å². The molecule has 1 spiro atoms. The summed E-state index contributed by atoms with van der Waals surface area (Å²) >= 11 is 0. The average molecular weight is 312 g/mol. The van der Waals surface area contributed by atoms with E-state index in [1.807, 2.05) is 42.5 Å². The molecule has 1 heterocycles. The zero-order valence-corrected chi connectivity index (χ0v) is 13.1. The van der Waals surface area contributed by atoms with Crippen LogP contribution in [0.4, 0.5) is 0 Å². The van der Waals surface area contributed by atoms with Gasteiger partial charge in [-0.2, -0.15) is 0 Å². The second-order valence-corrected chi connectivity index (χ2v) is 6.45. The zero-order valence-electron chi connectivity index (χ0n) is 13.1. The molecule has 0 radical (unpaired) electrons. The summed E-state index contributed by atoms with van der Waals surface area (Å²) in [6.45, 7) is 0. The number of carbonyl (C=O) groups excluding carboxylic acids is 1. The van der Waals surface area contributed by atoms with E-state index in [-0.39, 0.29) is 5.78 Å². The third-order valence-electron chi connectivity index (χ3n) is 5.13. The minimum Gasteiger partial charge on any atom is -0.347 e. The van der Waals surface area contributed by atoms with E-state index in [0.29, 0.717) is 5.56 Å². The molecular weight excluding hydrogens is 296 g/mol. The van der Waals surface area contributed by atoms with Crippen molar-refractivity contribution in [1.82, 2.24) is 0 Å². The van der Waals surface area contributed by atoms with Crippen LogP contribution in [0.1, 0.15) is 32.6 Å². The van der Waals surface area contributed by atoms with Gasteiger partial charge in [-0.1, -0.05) is 78.9 Å². The highest BCUT2D eigenvalue weighted by atomic mass is 16.6. The van der Waals surface area contributed by atoms with Crippen LogP contribution in [-0.2, 0) is 16.8 Å². The fourth-order valence-corrected chi connectivity index (χ4v) is 3.98. The van der Waals surface area contributed by atoms with E-state index >= 15 is 0 Å². The van der Waals surface area contributed by atoms with E-state index in [4.69, 9.17) is 4.74 Å². The van der Waals surface area contributed by atoms with Crippen molar-refractivity contribution in [3.63, 3.8) is 0 Å². The minimum atomic E-state index is -0.613. The van der Waals surface area contributed by atoms with Crippen LogP contribution >= 0.6 is 0 Å². The van der Waals surface area contributed by atoms with Gasteiger partial charge in [0.15, 0.2) is 17.5 Å². The van der Waals surface area contributed by atoms with Gasteiger partial charge in [-0.3, -0.25) is 4.79 Å². The number of fused-ring (bicyclic) bond motifs is 4. The SMILES string of the molecule is O=C(c1ccccc1)[C@H]1OC12c1ccccc1Cc1ccccc12. The minimum absolute atomic E-state index is 0.0575. The van der Waals surface area contributed by atoms with Gasteiger partial charge in [0.25, 0.3) is 0 Å². The zero-order chi connectivity index (χ0) is 16.1. The van der Waals surface area contributed by atoms with E-state index in [1.165, 1.54) is 11.1 Å². The third kappa shape index (κ3) is 1.78. The summed E-state index contributed by atoms with van der Waals surface area (Å²) in [5.74, 6) is 0.0575. The summed E-state index contributed by atoms with van der Waals surface area (Å²) in [6, 6.07) is 26.1. The Morgan fingerprint density at radius 3 is 1.96 bits per heavy atom. The van der Waals surface area contributed by atoms with Gasteiger partial charge in [-0.05, 0) is 28.7 Å². The maximum absolute atomic E-state index is 13.0. The number of ketones is 1.